The largest absolute Gasteiger partial charge is 0.370 e. The highest BCUT2D eigenvalue weighted by Gasteiger charge is 2.69. The lowest BCUT2D eigenvalue weighted by molar-refractivity contribution is 0.00109. The molecule has 0 aromatic rings. The first kappa shape index (κ1) is 19.2. The van der Waals surface area contributed by atoms with Crippen LogP contribution in [0.15, 0.2) is 0 Å². The molecule has 0 heterocycles. The van der Waals surface area contributed by atoms with Gasteiger partial charge in [0, 0.05) is 12.0 Å². The van der Waals surface area contributed by atoms with E-state index in [-0.39, 0.29) is 12.8 Å². The molecule has 0 atom stereocenters. The Hall–Kier alpha value is 0.220. The van der Waals surface area contributed by atoms with Gasteiger partial charge in [0.25, 0.3) is 5.08 Å². The van der Waals surface area contributed by atoms with E-state index in [2.05, 4.69) is 0 Å². The van der Waals surface area contributed by atoms with Crippen LogP contribution in [0.3, 0.4) is 0 Å². The summed E-state index contributed by atoms with van der Waals surface area (Å²) >= 11 is 0. The number of rotatable bonds is 8. The highest BCUT2D eigenvalue weighted by Crippen LogP contribution is 2.75. The van der Waals surface area contributed by atoms with Crippen molar-refractivity contribution in [2.24, 2.45) is 11.1 Å². The third kappa shape index (κ3) is 3.28. The fraction of sp³-hybridized carbons (Fsp3) is 1.00. The molecule has 0 rings (SSSR count). The van der Waals surface area contributed by atoms with Crippen LogP contribution in [0.4, 0.5) is 0 Å². The van der Waals surface area contributed by atoms with Gasteiger partial charge in [0.2, 0.25) is 0 Å². The Morgan fingerprint density at radius 1 is 0.947 bits per heavy atom. The maximum atomic E-state index is 11.6. The molecule has 7 N–H and O–H groups in total. The molecule has 0 aliphatic heterocycles. The quantitative estimate of drug-likeness (QED) is 0.353. The summed E-state index contributed by atoms with van der Waals surface area (Å²) in [7, 11) is -11.0. The molecule has 0 amide bonds. The maximum Gasteiger partial charge on any atom is 0.370 e. The lowest BCUT2D eigenvalue weighted by Gasteiger charge is -2.46. The van der Waals surface area contributed by atoms with Crippen LogP contribution in [-0.4, -0.2) is 36.3 Å². The lowest BCUT2D eigenvalue weighted by Crippen LogP contribution is -2.52. The Kier molecular flexibility index (Phi) is 6.40. The number of nitrogens with two attached hydrogens (primary N) is 1. The minimum absolute atomic E-state index is 0.00403. The molecule has 0 unspecified atom stereocenters. The molecule has 0 aromatic heterocycles. The minimum atomic E-state index is -5.49. The summed E-state index contributed by atoms with van der Waals surface area (Å²) in [6.07, 6.45) is 0.757. The van der Waals surface area contributed by atoms with Crippen molar-refractivity contribution >= 4 is 15.2 Å². The lowest BCUT2D eigenvalue weighted by atomic mass is 9.79. The van der Waals surface area contributed by atoms with Gasteiger partial charge in [-0.3, -0.25) is 9.13 Å². The monoisotopic (exact) mass is 319 g/mol. The van der Waals surface area contributed by atoms with E-state index in [1.165, 1.54) is 0 Å². The Morgan fingerprint density at radius 2 is 1.26 bits per heavy atom. The normalized spacial score (nSPS) is 14.7. The van der Waals surface area contributed by atoms with Gasteiger partial charge in [0.15, 0.2) is 0 Å². The van der Waals surface area contributed by atoms with Gasteiger partial charge in [-0.25, -0.2) is 0 Å². The summed E-state index contributed by atoms with van der Waals surface area (Å²) in [5.74, 6) is 0. The van der Waals surface area contributed by atoms with Gasteiger partial charge < -0.3 is 30.4 Å². The Labute approximate surface area is 112 Å². The molecule has 0 fully saturated rings. The second-order valence-electron chi connectivity index (χ2n) is 4.71. The predicted molar refractivity (Wildman–Crippen MR) is 70.3 cm³/mol. The van der Waals surface area contributed by atoms with Gasteiger partial charge in [-0.05, 0) is 12.8 Å². The summed E-state index contributed by atoms with van der Waals surface area (Å²) in [6, 6.07) is 0. The van der Waals surface area contributed by atoms with Crippen molar-refractivity contribution in [3.63, 3.8) is 0 Å². The van der Waals surface area contributed by atoms with Crippen molar-refractivity contribution in [2.45, 2.75) is 44.6 Å². The third-order valence-corrected chi connectivity index (χ3v) is 7.51. The zero-order chi connectivity index (χ0) is 15.5. The van der Waals surface area contributed by atoms with Crippen molar-refractivity contribution in [3.8, 4) is 0 Å². The zero-order valence-corrected chi connectivity index (χ0v) is 12.8. The highest BCUT2D eigenvalue weighted by atomic mass is 31.2. The molecule has 116 valence electrons. The second-order valence-corrected chi connectivity index (χ2v) is 8.53. The van der Waals surface area contributed by atoms with E-state index in [0.717, 1.165) is 0 Å². The van der Waals surface area contributed by atoms with Gasteiger partial charge in [-0.15, -0.1) is 0 Å². The minimum Gasteiger partial charge on any atom is -0.367 e. The van der Waals surface area contributed by atoms with E-state index in [9.17, 15) is 33.8 Å². The SMILES string of the molecule is CCCC(CN)(CCC)C(O)(P(=O)(O)O)P(=O)(O)O. The van der Waals surface area contributed by atoms with E-state index >= 15 is 0 Å². The van der Waals surface area contributed by atoms with Gasteiger partial charge in [-0.1, -0.05) is 26.7 Å². The average Bonchev–Trinajstić information content (AvgIpc) is 2.24. The second kappa shape index (κ2) is 6.33. The first-order chi connectivity index (χ1) is 8.43. The topological polar surface area (TPSA) is 161 Å². The molecule has 0 spiro atoms. The van der Waals surface area contributed by atoms with Gasteiger partial charge in [0.1, 0.15) is 0 Å². The van der Waals surface area contributed by atoms with Crippen molar-refractivity contribution < 1.29 is 33.8 Å². The standard InChI is InChI=1S/C9H23NO7P2/c1-3-5-8(7-10,6-4-2)9(11,18(12,13)14)19(15,16)17/h11H,3-7,10H2,1-2H3,(H2,12,13,14)(H2,15,16,17). The van der Waals surface area contributed by atoms with Crippen molar-refractivity contribution in [3.05, 3.63) is 0 Å². The fourth-order valence-electron chi connectivity index (χ4n) is 2.55. The molecule has 8 nitrogen and oxygen atoms in total. The van der Waals surface area contributed by atoms with Crippen LogP contribution in [0.5, 0.6) is 0 Å². The predicted octanol–water partition coefficient (Wildman–Crippen LogP) is 0.533. The summed E-state index contributed by atoms with van der Waals surface area (Å²) in [5.41, 5.74) is 3.79. The molecule has 0 bridgehead atoms. The van der Waals surface area contributed by atoms with Crippen molar-refractivity contribution in [2.75, 3.05) is 6.54 Å². The van der Waals surface area contributed by atoms with E-state index in [1.807, 2.05) is 0 Å². The van der Waals surface area contributed by atoms with Gasteiger partial charge >= 0.3 is 15.2 Å². The van der Waals surface area contributed by atoms with E-state index in [4.69, 9.17) is 5.73 Å². The maximum absolute atomic E-state index is 11.6. The van der Waals surface area contributed by atoms with Gasteiger partial charge in [-0.2, -0.15) is 0 Å². The molecule has 0 radical (unpaired) electrons. The molecule has 19 heavy (non-hydrogen) atoms. The molecule has 0 aromatic carbocycles. The molecule has 0 aliphatic carbocycles. The van der Waals surface area contributed by atoms with Crippen LogP contribution >= 0.6 is 15.2 Å². The third-order valence-electron chi connectivity index (χ3n) is 3.37. The van der Waals surface area contributed by atoms with Crippen LogP contribution < -0.4 is 5.73 Å². The highest BCUT2D eigenvalue weighted by molar-refractivity contribution is 7.72. The smallest absolute Gasteiger partial charge is 0.367 e. The van der Waals surface area contributed by atoms with Gasteiger partial charge in [0.05, 0.1) is 0 Å². The number of hydrogen-bond donors (Lipinski definition) is 6. The van der Waals surface area contributed by atoms with Crippen LogP contribution in [0, 0.1) is 5.41 Å². The average molecular weight is 319 g/mol. The number of aliphatic hydroxyl groups is 1. The first-order valence-corrected chi connectivity index (χ1v) is 9.19. The Balaban J connectivity index is 6.21. The Morgan fingerprint density at radius 3 is 1.42 bits per heavy atom. The molecule has 0 saturated carbocycles. The van der Waals surface area contributed by atoms with E-state index < -0.39 is 32.2 Å². The summed E-state index contributed by atoms with van der Waals surface area (Å²) in [6.45, 7) is 2.93. The first-order valence-electron chi connectivity index (χ1n) is 5.97. The van der Waals surface area contributed by atoms with Crippen LogP contribution in [0.25, 0.3) is 0 Å². The fourth-order valence-corrected chi connectivity index (χ4v) is 5.77. The van der Waals surface area contributed by atoms with E-state index in [1.54, 1.807) is 13.8 Å². The molecule has 10 heteroatoms. The number of hydrogen-bond acceptors (Lipinski definition) is 4. The van der Waals surface area contributed by atoms with E-state index in [0.29, 0.717) is 12.8 Å². The molecular formula is C9H23NO7P2. The van der Waals surface area contributed by atoms with Crippen LogP contribution in [-0.2, 0) is 9.13 Å². The molecule has 0 saturated heterocycles. The summed E-state index contributed by atoms with van der Waals surface area (Å²) < 4.78 is 23.1. The molecule has 0 aliphatic rings. The summed E-state index contributed by atoms with van der Waals surface area (Å²) in [5, 5.41) is 6.80. The van der Waals surface area contributed by atoms with Crippen LogP contribution in [0.1, 0.15) is 39.5 Å². The van der Waals surface area contributed by atoms with Crippen molar-refractivity contribution in [1.29, 1.82) is 0 Å². The van der Waals surface area contributed by atoms with Crippen molar-refractivity contribution in [1.82, 2.24) is 0 Å². The summed E-state index contributed by atoms with van der Waals surface area (Å²) in [4.78, 5) is 37.2. The Bertz CT molecular complexity index is 360. The van der Waals surface area contributed by atoms with Crippen LogP contribution in [0.2, 0.25) is 0 Å². The molecular weight excluding hydrogens is 296 g/mol. The zero-order valence-electron chi connectivity index (χ0n) is 11.1.